The predicted octanol–water partition coefficient (Wildman–Crippen LogP) is 1.36. The zero-order chi connectivity index (χ0) is 3.41. The average Bonchev–Trinajstić information content (AvgIpc) is 1.37. The molecule has 0 aromatic rings. The summed E-state index contributed by atoms with van der Waals surface area (Å²) in [5, 5.41) is 0. The smallest absolute Gasteiger partial charge is 0 e. The van der Waals surface area contributed by atoms with E-state index in [2.05, 4.69) is 13.2 Å². The number of rotatable bonds is 1. The fraction of sp³-hybridized carbons (Fsp3) is 0. The molecule has 0 nitrogen and oxygen atoms in total. The van der Waals surface area contributed by atoms with Gasteiger partial charge >= 0.3 is 0 Å². The van der Waals surface area contributed by atoms with Crippen LogP contribution in [-0.4, -0.2) is 0 Å². The minimum Gasteiger partial charge on any atom is -0.0991 e. The van der Waals surface area contributed by atoms with Crippen LogP contribution in [0.25, 0.3) is 0 Å². The Bertz CT molecular complexity index is 24.6. The first-order chi connectivity index (χ1) is 1.91. The van der Waals surface area contributed by atoms with Gasteiger partial charge in [-0.15, -0.1) is 0 Å². The molecule has 0 aliphatic heterocycles. The number of allylic oxidation sites excluding steroid dienone is 2. The molecule has 0 N–H and O–H groups in total. The fourth-order valence-corrected chi connectivity index (χ4v) is 0. The quantitative estimate of drug-likeness (QED) is 0.575. The standard InChI is InChI=1S/C4H6.Gd/c1-3-4-2;/h3-4H,1-2H2;. The van der Waals surface area contributed by atoms with Crippen molar-refractivity contribution in [2.24, 2.45) is 0 Å². The molecule has 0 aromatic heterocycles. The summed E-state index contributed by atoms with van der Waals surface area (Å²) in [7, 11) is 0. The third-order valence-corrected chi connectivity index (χ3v) is 0.167. The summed E-state index contributed by atoms with van der Waals surface area (Å²) >= 11 is 0. The Morgan fingerprint density at radius 2 is 1.20 bits per heavy atom. The second kappa shape index (κ2) is 8.84. The van der Waals surface area contributed by atoms with Crippen LogP contribution in [0.3, 0.4) is 0 Å². The Balaban J connectivity index is 0. The molecule has 0 fully saturated rings. The van der Waals surface area contributed by atoms with Gasteiger partial charge in [-0.2, -0.15) is 0 Å². The van der Waals surface area contributed by atoms with Crippen LogP contribution in [0.1, 0.15) is 0 Å². The van der Waals surface area contributed by atoms with Crippen molar-refractivity contribution >= 4 is 0 Å². The van der Waals surface area contributed by atoms with Crippen molar-refractivity contribution < 1.29 is 39.9 Å². The van der Waals surface area contributed by atoms with Crippen LogP contribution in [0.4, 0.5) is 0 Å². The maximum atomic E-state index is 3.36. The minimum atomic E-state index is 0. The molecule has 0 amide bonds. The van der Waals surface area contributed by atoms with Gasteiger partial charge in [-0.1, -0.05) is 25.3 Å². The second-order valence-electron chi connectivity index (χ2n) is 0.471. The summed E-state index contributed by atoms with van der Waals surface area (Å²) in [6.45, 7) is 6.72. The van der Waals surface area contributed by atoms with Crippen molar-refractivity contribution in [2.45, 2.75) is 0 Å². The summed E-state index contributed by atoms with van der Waals surface area (Å²) in [5.41, 5.74) is 0. The van der Waals surface area contributed by atoms with E-state index in [4.69, 9.17) is 0 Å². The van der Waals surface area contributed by atoms with Crippen molar-refractivity contribution in [1.29, 1.82) is 0 Å². The van der Waals surface area contributed by atoms with Crippen LogP contribution < -0.4 is 0 Å². The van der Waals surface area contributed by atoms with Crippen molar-refractivity contribution in [1.82, 2.24) is 0 Å². The summed E-state index contributed by atoms with van der Waals surface area (Å²) in [6, 6.07) is 0. The molecule has 0 rings (SSSR count). The SMILES string of the molecule is C=CC=C.[Gd]. The first-order valence-electron chi connectivity index (χ1n) is 1.15. The monoisotopic (exact) mass is 212 g/mol. The van der Waals surface area contributed by atoms with Crippen LogP contribution in [-0.2, 0) is 0 Å². The minimum absolute atomic E-state index is 0. The van der Waals surface area contributed by atoms with E-state index < -0.39 is 0 Å². The van der Waals surface area contributed by atoms with Gasteiger partial charge in [0.1, 0.15) is 0 Å². The molecule has 0 saturated carbocycles. The fourth-order valence-electron chi connectivity index (χ4n) is 0. The molecule has 0 radical (unpaired) electrons. The largest absolute Gasteiger partial charge is 0.0991 e. The second-order valence-corrected chi connectivity index (χ2v) is 0.471. The zero-order valence-electron chi connectivity index (χ0n) is 2.92. The van der Waals surface area contributed by atoms with Gasteiger partial charge in [0.25, 0.3) is 0 Å². The molecule has 0 heterocycles. The maximum Gasteiger partial charge on any atom is 0 e. The summed E-state index contributed by atoms with van der Waals surface area (Å²) in [5.74, 6) is 0. The molecular weight excluding hydrogens is 205 g/mol. The molecule has 5 heavy (non-hydrogen) atoms. The number of hydrogen-bond donors (Lipinski definition) is 0. The van der Waals surface area contributed by atoms with Crippen LogP contribution in [0.15, 0.2) is 25.3 Å². The van der Waals surface area contributed by atoms with Crippen LogP contribution in [0, 0.1) is 39.9 Å². The number of hydrogen-bond acceptors (Lipinski definition) is 0. The molecule has 30 valence electrons. The summed E-state index contributed by atoms with van der Waals surface area (Å²) in [6.07, 6.45) is 3.28. The summed E-state index contributed by atoms with van der Waals surface area (Å²) < 4.78 is 0. The van der Waals surface area contributed by atoms with E-state index in [0.717, 1.165) is 0 Å². The molecule has 0 aromatic carbocycles. The Hall–Kier alpha value is 0.805. The van der Waals surface area contributed by atoms with E-state index in [1.54, 1.807) is 12.2 Å². The average molecular weight is 211 g/mol. The van der Waals surface area contributed by atoms with Gasteiger partial charge in [0.2, 0.25) is 0 Å². The van der Waals surface area contributed by atoms with Crippen molar-refractivity contribution in [3.05, 3.63) is 25.3 Å². The maximum absolute atomic E-state index is 3.36. The van der Waals surface area contributed by atoms with E-state index >= 15 is 0 Å². The van der Waals surface area contributed by atoms with E-state index in [-0.39, 0.29) is 39.9 Å². The van der Waals surface area contributed by atoms with Gasteiger partial charge in [-0.05, 0) is 0 Å². The zero-order valence-corrected chi connectivity index (χ0v) is 5.19. The molecule has 0 unspecified atom stereocenters. The molecule has 0 aliphatic carbocycles. The van der Waals surface area contributed by atoms with E-state index in [9.17, 15) is 0 Å². The third kappa shape index (κ3) is 11.6. The Morgan fingerprint density at radius 1 is 1.00 bits per heavy atom. The summed E-state index contributed by atoms with van der Waals surface area (Å²) in [4.78, 5) is 0. The first-order valence-corrected chi connectivity index (χ1v) is 1.15. The Morgan fingerprint density at radius 3 is 1.20 bits per heavy atom. The Labute approximate surface area is 64.6 Å². The van der Waals surface area contributed by atoms with Crippen LogP contribution >= 0.6 is 0 Å². The van der Waals surface area contributed by atoms with Crippen molar-refractivity contribution in [3.8, 4) is 0 Å². The van der Waals surface area contributed by atoms with Gasteiger partial charge < -0.3 is 0 Å². The molecule has 0 saturated heterocycles. The normalized spacial score (nSPS) is 4.00. The molecule has 0 spiro atoms. The predicted molar refractivity (Wildman–Crippen MR) is 20.4 cm³/mol. The van der Waals surface area contributed by atoms with Crippen molar-refractivity contribution in [3.63, 3.8) is 0 Å². The van der Waals surface area contributed by atoms with Crippen LogP contribution in [0.5, 0.6) is 0 Å². The van der Waals surface area contributed by atoms with Gasteiger partial charge in [-0.25, -0.2) is 0 Å². The molecule has 0 aliphatic rings. The van der Waals surface area contributed by atoms with E-state index in [1.165, 1.54) is 0 Å². The topological polar surface area (TPSA) is 0 Å². The first kappa shape index (κ1) is 9.26. The molecule has 1 heteroatoms. The van der Waals surface area contributed by atoms with Crippen LogP contribution in [0.2, 0.25) is 0 Å². The van der Waals surface area contributed by atoms with Crippen molar-refractivity contribution in [2.75, 3.05) is 0 Å². The van der Waals surface area contributed by atoms with E-state index in [1.807, 2.05) is 0 Å². The van der Waals surface area contributed by atoms with Gasteiger partial charge in [0.05, 0.1) is 0 Å². The van der Waals surface area contributed by atoms with Gasteiger partial charge in [-0.3, -0.25) is 0 Å². The third-order valence-electron chi connectivity index (χ3n) is 0.167. The molecular formula is C4H6Gd. The Kier molecular flexibility index (Phi) is 16.4. The van der Waals surface area contributed by atoms with Gasteiger partial charge in [0.15, 0.2) is 0 Å². The molecule has 0 atom stereocenters. The molecule has 0 bridgehead atoms. The van der Waals surface area contributed by atoms with E-state index in [0.29, 0.717) is 0 Å². The van der Waals surface area contributed by atoms with Gasteiger partial charge in [0, 0.05) is 39.9 Å².